The molecule has 0 aromatic carbocycles. The molecule has 0 unspecified atom stereocenters. The third-order valence-corrected chi connectivity index (χ3v) is 2.85. The number of alkyl carbamates (subject to hydrolysis) is 1. The van der Waals surface area contributed by atoms with Crippen LogP contribution in [0.15, 0.2) is 17.5 Å². The van der Waals surface area contributed by atoms with Gasteiger partial charge in [0, 0.05) is 17.3 Å². The highest BCUT2D eigenvalue weighted by atomic mass is 32.1. The lowest BCUT2D eigenvalue weighted by atomic mass is 10.1. The van der Waals surface area contributed by atoms with Gasteiger partial charge in [-0.25, -0.2) is 4.79 Å². The van der Waals surface area contributed by atoms with E-state index in [1.807, 2.05) is 17.5 Å². The molecular weight excluding hydrogens is 230 g/mol. The van der Waals surface area contributed by atoms with E-state index < -0.39 is 18.1 Å². The van der Waals surface area contributed by atoms with Crippen LogP contribution in [0.3, 0.4) is 0 Å². The average Bonchev–Trinajstić information content (AvgIpc) is 2.69. The summed E-state index contributed by atoms with van der Waals surface area (Å²) in [6, 6.07) is 3.35. The van der Waals surface area contributed by atoms with E-state index in [4.69, 9.17) is 5.11 Å². The number of aliphatic carboxylic acids is 1. The van der Waals surface area contributed by atoms with Gasteiger partial charge in [0.05, 0.1) is 13.5 Å². The predicted molar refractivity (Wildman–Crippen MR) is 59.6 cm³/mol. The zero-order chi connectivity index (χ0) is 12.0. The van der Waals surface area contributed by atoms with Crippen LogP contribution in [-0.2, 0) is 16.0 Å². The number of hydrogen-bond acceptors (Lipinski definition) is 4. The lowest BCUT2D eigenvalue weighted by Crippen LogP contribution is -2.37. The first-order chi connectivity index (χ1) is 7.61. The maximum Gasteiger partial charge on any atom is 0.407 e. The number of amides is 1. The van der Waals surface area contributed by atoms with E-state index in [9.17, 15) is 9.59 Å². The second-order valence-electron chi connectivity index (χ2n) is 3.21. The number of methoxy groups -OCH3 is 1. The maximum absolute atomic E-state index is 11.0. The molecule has 0 spiro atoms. The molecule has 1 aromatic rings. The number of ether oxygens (including phenoxy) is 1. The van der Waals surface area contributed by atoms with Crippen molar-refractivity contribution in [2.45, 2.75) is 18.9 Å². The van der Waals surface area contributed by atoms with Crippen molar-refractivity contribution in [1.29, 1.82) is 0 Å². The highest BCUT2D eigenvalue weighted by molar-refractivity contribution is 7.09. The Balaban J connectivity index is 2.56. The summed E-state index contributed by atoms with van der Waals surface area (Å²) >= 11 is 1.53. The second-order valence-corrected chi connectivity index (χ2v) is 4.25. The van der Waals surface area contributed by atoms with Crippen molar-refractivity contribution in [1.82, 2.24) is 5.32 Å². The van der Waals surface area contributed by atoms with Gasteiger partial charge in [-0.15, -0.1) is 11.3 Å². The third kappa shape index (κ3) is 4.31. The van der Waals surface area contributed by atoms with Crippen LogP contribution in [0.2, 0.25) is 0 Å². The Morgan fingerprint density at radius 3 is 2.88 bits per heavy atom. The quantitative estimate of drug-likeness (QED) is 0.821. The Kier molecular flexibility index (Phi) is 4.78. The monoisotopic (exact) mass is 243 g/mol. The first kappa shape index (κ1) is 12.5. The fourth-order valence-corrected chi connectivity index (χ4v) is 2.07. The van der Waals surface area contributed by atoms with E-state index in [0.717, 1.165) is 4.88 Å². The summed E-state index contributed by atoms with van der Waals surface area (Å²) < 4.78 is 4.44. The summed E-state index contributed by atoms with van der Waals surface area (Å²) in [5.41, 5.74) is 0. The van der Waals surface area contributed by atoms with Crippen LogP contribution < -0.4 is 5.32 Å². The van der Waals surface area contributed by atoms with E-state index >= 15 is 0 Å². The van der Waals surface area contributed by atoms with Gasteiger partial charge in [0.2, 0.25) is 0 Å². The Morgan fingerprint density at radius 2 is 2.38 bits per heavy atom. The molecule has 1 rings (SSSR count). The zero-order valence-electron chi connectivity index (χ0n) is 8.80. The summed E-state index contributed by atoms with van der Waals surface area (Å²) in [6.45, 7) is 0. The summed E-state index contributed by atoms with van der Waals surface area (Å²) in [6.07, 6.45) is -0.227. The summed E-state index contributed by atoms with van der Waals surface area (Å²) in [4.78, 5) is 22.7. The molecule has 0 bridgehead atoms. The van der Waals surface area contributed by atoms with Crippen LogP contribution in [0.1, 0.15) is 11.3 Å². The molecule has 0 fully saturated rings. The molecule has 0 saturated heterocycles. The van der Waals surface area contributed by atoms with Gasteiger partial charge in [0.25, 0.3) is 0 Å². The number of carbonyl (C=O) groups excluding carboxylic acids is 1. The molecule has 2 N–H and O–H groups in total. The molecule has 1 atom stereocenters. The van der Waals surface area contributed by atoms with Crippen LogP contribution in [0.5, 0.6) is 0 Å². The highest BCUT2D eigenvalue weighted by Crippen LogP contribution is 2.12. The van der Waals surface area contributed by atoms with Gasteiger partial charge in [-0.3, -0.25) is 4.79 Å². The fraction of sp³-hybridized carbons (Fsp3) is 0.400. The van der Waals surface area contributed by atoms with Crippen molar-refractivity contribution in [2.24, 2.45) is 0 Å². The summed E-state index contributed by atoms with van der Waals surface area (Å²) in [5.74, 6) is -0.946. The van der Waals surface area contributed by atoms with Crippen LogP contribution in [0, 0.1) is 0 Å². The summed E-state index contributed by atoms with van der Waals surface area (Å²) in [5, 5.41) is 13.1. The first-order valence-corrected chi connectivity index (χ1v) is 5.58. The molecule has 6 heteroatoms. The molecule has 16 heavy (non-hydrogen) atoms. The summed E-state index contributed by atoms with van der Waals surface area (Å²) in [7, 11) is 1.25. The number of carbonyl (C=O) groups is 2. The van der Waals surface area contributed by atoms with Crippen molar-refractivity contribution in [3.63, 3.8) is 0 Å². The maximum atomic E-state index is 11.0. The van der Waals surface area contributed by atoms with Crippen LogP contribution in [0.4, 0.5) is 4.79 Å². The zero-order valence-corrected chi connectivity index (χ0v) is 9.62. The Morgan fingerprint density at radius 1 is 1.62 bits per heavy atom. The van der Waals surface area contributed by atoms with Crippen molar-refractivity contribution in [3.05, 3.63) is 22.4 Å². The molecule has 1 aromatic heterocycles. The number of carboxylic acids is 1. The second kappa shape index (κ2) is 6.12. The van der Waals surface area contributed by atoms with E-state index in [1.54, 1.807) is 0 Å². The largest absolute Gasteiger partial charge is 0.481 e. The van der Waals surface area contributed by atoms with Crippen LogP contribution >= 0.6 is 11.3 Å². The molecule has 1 amide bonds. The van der Waals surface area contributed by atoms with E-state index in [-0.39, 0.29) is 6.42 Å². The van der Waals surface area contributed by atoms with E-state index in [0.29, 0.717) is 6.42 Å². The van der Waals surface area contributed by atoms with Crippen LogP contribution in [-0.4, -0.2) is 30.3 Å². The Hall–Kier alpha value is -1.56. The van der Waals surface area contributed by atoms with Crippen molar-refractivity contribution >= 4 is 23.4 Å². The standard InChI is InChI=1S/C10H13NO4S/c1-15-10(14)11-7(6-9(12)13)5-8-3-2-4-16-8/h2-4,7H,5-6H2,1H3,(H,11,14)(H,12,13)/t7-/m0/s1. The normalized spacial score (nSPS) is 11.8. The van der Waals surface area contributed by atoms with E-state index in [1.165, 1.54) is 18.4 Å². The SMILES string of the molecule is COC(=O)N[C@H](CC(=O)O)Cc1cccs1. The Labute approximate surface area is 97.0 Å². The Bertz CT molecular complexity index is 350. The number of nitrogens with one attached hydrogen (secondary N) is 1. The first-order valence-electron chi connectivity index (χ1n) is 4.70. The van der Waals surface area contributed by atoms with Crippen molar-refractivity contribution < 1.29 is 19.4 Å². The van der Waals surface area contributed by atoms with Gasteiger partial charge in [0.1, 0.15) is 0 Å². The van der Waals surface area contributed by atoms with Crippen LogP contribution in [0.25, 0.3) is 0 Å². The van der Waals surface area contributed by atoms with Gasteiger partial charge in [-0.2, -0.15) is 0 Å². The van der Waals surface area contributed by atoms with Crippen molar-refractivity contribution in [2.75, 3.05) is 7.11 Å². The number of thiophene rings is 1. The van der Waals surface area contributed by atoms with E-state index in [2.05, 4.69) is 10.1 Å². The fourth-order valence-electron chi connectivity index (χ4n) is 1.28. The number of rotatable bonds is 5. The molecule has 1 heterocycles. The molecule has 5 nitrogen and oxygen atoms in total. The minimum absolute atomic E-state index is 0.118. The lowest BCUT2D eigenvalue weighted by molar-refractivity contribution is -0.137. The topological polar surface area (TPSA) is 75.6 Å². The van der Waals surface area contributed by atoms with Gasteiger partial charge in [-0.1, -0.05) is 6.07 Å². The van der Waals surface area contributed by atoms with Gasteiger partial charge >= 0.3 is 12.1 Å². The highest BCUT2D eigenvalue weighted by Gasteiger charge is 2.17. The minimum Gasteiger partial charge on any atom is -0.481 e. The van der Waals surface area contributed by atoms with Gasteiger partial charge in [0.15, 0.2) is 0 Å². The molecule has 0 aliphatic rings. The van der Waals surface area contributed by atoms with Gasteiger partial charge in [-0.05, 0) is 11.4 Å². The third-order valence-electron chi connectivity index (χ3n) is 1.96. The molecule has 0 radical (unpaired) electrons. The molecule has 88 valence electrons. The van der Waals surface area contributed by atoms with Crippen molar-refractivity contribution in [3.8, 4) is 0 Å². The average molecular weight is 243 g/mol. The minimum atomic E-state index is -0.946. The smallest absolute Gasteiger partial charge is 0.407 e. The molecule has 0 saturated carbocycles. The molecular formula is C10H13NO4S. The predicted octanol–water partition coefficient (Wildman–Crippen LogP) is 1.49. The lowest BCUT2D eigenvalue weighted by Gasteiger charge is -2.14. The molecule has 0 aliphatic heterocycles. The number of carboxylic acid groups (broad SMARTS) is 1. The molecule has 0 aliphatic carbocycles. The van der Waals surface area contributed by atoms with Gasteiger partial charge < -0.3 is 15.2 Å². The number of hydrogen-bond donors (Lipinski definition) is 2.